The van der Waals surface area contributed by atoms with Crippen molar-refractivity contribution in [2.24, 2.45) is 0 Å². The monoisotopic (exact) mass is 311 g/mol. The number of hydrogen-bond acceptors (Lipinski definition) is 3. The molecule has 1 aromatic carbocycles. The minimum absolute atomic E-state index is 0.387. The third kappa shape index (κ3) is 4.18. The van der Waals surface area contributed by atoms with Gasteiger partial charge in [-0.05, 0) is 37.0 Å². The van der Waals surface area contributed by atoms with Gasteiger partial charge in [0.25, 0.3) is 10.2 Å². The van der Waals surface area contributed by atoms with Crippen molar-refractivity contribution in [1.29, 1.82) is 0 Å². The maximum Gasteiger partial charge on any atom is 0.282 e. The molecule has 0 aliphatic carbocycles. The summed E-state index contributed by atoms with van der Waals surface area (Å²) in [4.78, 5) is 0. The maximum atomic E-state index is 12.8. The molecule has 0 radical (unpaired) electrons. The topological polar surface area (TPSA) is 66.6 Å². The Morgan fingerprint density at radius 2 is 1.95 bits per heavy atom. The van der Waals surface area contributed by atoms with Crippen molar-refractivity contribution in [2.75, 3.05) is 25.4 Å². The van der Waals surface area contributed by atoms with Crippen LogP contribution in [0.3, 0.4) is 0 Å². The molecule has 5 nitrogen and oxygen atoms in total. The summed E-state index contributed by atoms with van der Waals surface area (Å²) in [6.45, 7) is 4.20. The number of benzene rings is 1. The van der Waals surface area contributed by atoms with E-state index in [9.17, 15) is 8.42 Å². The first-order valence-electron chi connectivity index (χ1n) is 7.63. The van der Waals surface area contributed by atoms with Crippen LogP contribution in [0.1, 0.15) is 38.2 Å². The lowest BCUT2D eigenvalue weighted by Crippen LogP contribution is -2.45. The van der Waals surface area contributed by atoms with Crippen molar-refractivity contribution in [1.82, 2.24) is 8.61 Å². The zero-order valence-electron chi connectivity index (χ0n) is 12.7. The molecule has 1 aliphatic heterocycles. The van der Waals surface area contributed by atoms with Gasteiger partial charge in [-0.25, -0.2) is 0 Å². The van der Waals surface area contributed by atoms with Crippen LogP contribution in [0.25, 0.3) is 0 Å². The first-order chi connectivity index (χ1) is 10.0. The van der Waals surface area contributed by atoms with Crippen LogP contribution in [0.4, 0.5) is 5.69 Å². The van der Waals surface area contributed by atoms with Crippen LogP contribution in [-0.2, 0) is 16.8 Å². The minimum Gasteiger partial charge on any atom is -0.399 e. The number of nitrogens with zero attached hydrogens (tertiary/aromatic N) is 2. The standard InChI is InChI=1S/C15H25N3O2S/c1-2-9-18(13-14-7-6-8-15(16)12-14)21(19,20)17-10-4-3-5-11-17/h6-8,12H,2-5,9-11,13,16H2,1H3. The quantitative estimate of drug-likeness (QED) is 0.819. The fourth-order valence-corrected chi connectivity index (χ4v) is 4.45. The average Bonchev–Trinajstić information content (AvgIpc) is 2.48. The van der Waals surface area contributed by atoms with E-state index >= 15 is 0 Å². The molecule has 1 aliphatic rings. The zero-order valence-corrected chi connectivity index (χ0v) is 13.5. The second-order valence-corrected chi connectivity index (χ2v) is 7.47. The molecule has 1 fully saturated rings. The summed E-state index contributed by atoms with van der Waals surface area (Å²) < 4.78 is 28.8. The van der Waals surface area contributed by atoms with Crippen LogP contribution in [0.15, 0.2) is 24.3 Å². The van der Waals surface area contributed by atoms with E-state index in [0.29, 0.717) is 31.9 Å². The molecule has 0 spiro atoms. The summed E-state index contributed by atoms with van der Waals surface area (Å²) in [5, 5.41) is 0. The Balaban J connectivity index is 2.17. The molecule has 1 saturated heterocycles. The van der Waals surface area contributed by atoms with Crippen LogP contribution < -0.4 is 5.73 Å². The Morgan fingerprint density at radius 3 is 2.57 bits per heavy atom. The van der Waals surface area contributed by atoms with E-state index in [1.807, 2.05) is 31.2 Å². The van der Waals surface area contributed by atoms with E-state index in [0.717, 1.165) is 31.2 Å². The molecule has 1 heterocycles. The number of nitrogens with two attached hydrogens (primary N) is 1. The Bertz CT molecular complexity index is 554. The summed E-state index contributed by atoms with van der Waals surface area (Å²) in [6, 6.07) is 7.44. The largest absolute Gasteiger partial charge is 0.399 e. The number of piperidine rings is 1. The number of nitrogen functional groups attached to an aromatic ring is 1. The second-order valence-electron chi connectivity index (χ2n) is 5.55. The van der Waals surface area contributed by atoms with Crippen LogP contribution in [0, 0.1) is 0 Å². The van der Waals surface area contributed by atoms with E-state index in [4.69, 9.17) is 5.73 Å². The van der Waals surface area contributed by atoms with E-state index in [-0.39, 0.29) is 0 Å². The molecule has 118 valence electrons. The Labute approximate surface area is 127 Å². The lowest BCUT2D eigenvalue weighted by Gasteiger charge is -2.32. The molecule has 0 aromatic heterocycles. The molecule has 2 rings (SSSR count). The highest BCUT2D eigenvalue weighted by Crippen LogP contribution is 2.19. The second kappa shape index (κ2) is 7.24. The van der Waals surface area contributed by atoms with Gasteiger partial charge in [-0.3, -0.25) is 0 Å². The number of anilines is 1. The summed E-state index contributed by atoms with van der Waals surface area (Å²) in [7, 11) is -3.37. The molecule has 1 aromatic rings. The molecular formula is C15H25N3O2S. The molecule has 0 unspecified atom stereocenters. The first kappa shape index (κ1) is 16.3. The van der Waals surface area contributed by atoms with Gasteiger partial charge in [-0.2, -0.15) is 17.0 Å². The summed E-state index contributed by atoms with van der Waals surface area (Å²) in [5.74, 6) is 0. The van der Waals surface area contributed by atoms with Gasteiger partial charge in [0.1, 0.15) is 0 Å². The van der Waals surface area contributed by atoms with Crippen LogP contribution >= 0.6 is 0 Å². The van der Waals surface area contributed by atoms with Crippen molar-refractivity contribution in [3.63, 3.8) is 0 Å². The zero-order chi connectivity index (χ0) is 15.3. The van der Waals surface area contributed by atoms with Crippen LogP contribution in [0.5, 0.6) is 0 Å². The molecule has 0 amide bonds. The SMILES string of the molecule is CCCN(Cc1cccc(N)c1)S(=O)(=O)N1CCCCC1. The smallest absolute Gasteiger partial charge is 0.282 e. The third-order valence-corrected chi connectivity index (χ3v) is 5.73. The highest BCUT2D eigenvalue weighted by molar-refractivity contribution is 7.86. The van der Waals surface area contributed by atoms with Gasteiger partial charge in [0.05, 0.1) is 0 Å². The van der Waals surface area contributed by atoms with Gasteiger partial charge in [-0.1, -0.05) is 25.5 Å². The van der Waals surface area contributed by atoms with Gasteiger partial charge in [0, 0.05) is 31.9 Å². The molecular weight excluding hydrogens is 286 g/mol. The fourth-order valence-electron chi connectivity index (χ4n) is 2.68. The van der Waals surface area contributed by atoms with E-state index in [2.05, 4.69) is 0 Å². The van der Waals surface area contributed by atoms with Gasteiger partial charge >= 0.3 is 0 Å². The van der Waals surface area contributed by atoms with Crippen molar-refractivity contribution in [3.8, 4) is 0 Å². The Morgan fingerprint density at radius 1 is 1.24 bits per heavy atom. The Kier molecular flexibility index (Phi) is 5.61. The minimum atomic E-state index is -3.37. The Hall–Kier alpha value is -1.11. The fraction of sp³-hybridized carbons (Fsp3) is 0.600. The van der Waals surface area contributed by atoms with Crippen molar-refractivity contribution in [3.05, 3.63) is 29.8 Å². The predicted molar refractivity (Wildman–Crippen MR) is 85.9 cm³/mol. The maximum absolute atomic E-state index is 12.8. The normalized spacial score (nSPS) is 17.2. The lowest BCUT2D eigenvalue weighted by molar-refractivity contribution is 0.299. The highest BCUT2D eigenvalue weighted by Gasteiger charge is 2.30. The van der Waals surface area contributed by atoms with E-state index < -0.39 is 10.2 Å². The van der Waals surface area contributed by atoms with Crippen molar-refractivity contribution in [2.45, 2.75) is 39.2 Å². The predicted octanol–water partition coefficient (Wildman–Crippen LogP) is 2.21. The average molecular weight is 311 g/mol. The van der Waals surface area contributed by atoms with Crippen LogP contribution in [0.2, 0.25) is 0 Å². The van der Waals surface area contributed by atoms with E-state index in [1.54, 1.807) is 8.61 Å². The van der Waals surface area contributed by atoms with Gasteiger partial charge in [-0.15, -0.1) is 0 Å². The lowest BCUT2D eigenvalue weighted by atomic mass is 10.2. The molecule has 0 atom stereocenters. The van der Waals surface area contributed by atoms with E-state index in [1.165, 1.54) is 0 Å². The summed E-state index contributed by atoms with van der Waals surface area (Å²) in [6.07, 6.45) is 3.83. The van der Waals surface area contributed by atoms with Crippen LogP contribution in [-0.4, -0.2) is 36.7 Å². The molecule has 0 bridgehead atoms. The van der Waals surface area contributed by atoms with Crippen molar-refractivity contribution >= 4 is 15.9 Å². The summed E-state index contributed by atoms with van der Waals surface area (Å²) >= 11 is 0. The number of rotatable bonds is 6. The highest BCUT2D eigenvalue weighted by atomic mass is 32.2. The van der Waals surface area contributed by atoms with Crippen molar-refractivity contribution < 1.29 is 8.42 Å². The first-order valence-corrected chi connectivity index (χ1v) is 9.03. The van der Waals surface area contributed by atoms with Gasteiger partial charge in [0.2, 0.25) is 0 Å². The summed E-state index contributed by atoms with van der Waals surface area (Å²) in [5.41, 5.74) is 7.38. The van der Waals surface area contributed by atoms with Gasteiger partial charge in [0.15, 0.2) is 0 Å². The van der Waals surface area contributed by atoms with Gasteiger partial charge < -0.3 is 5.73 Å². The molecule has 2 N–H and O–H groups in total. The number of hydrogen-bond donors (Lipinski definition) is 1. The third-order valence-electron chi connectivity index (χ3n) is 3.75. The molecule has 6 heteroatoms. The molecule has 21 heavy (non-hydrogen) atoms. The molecule has 0 saturated carbocycles.